The van der Waals surface area contributed by atoms with Gasteiger partial charge < -0.3 is 10.1 Å². The van der Waals surface area contributed by atoms with Gasteiger partial charge in [0, 0.05) is 19.8 Å². The van der Waals surface area contributed by atoms with Crippen molar-refractivity contribution in [1.82, 2.24) is 0 Å². The van der Waals surface area contributed by atoms with Crippen LogP contribution in [0.2, 0.25) is 0 Å². The van der Waals surface area contributed by atoms with Crippen LogP contribution < -0.4 is 5.32 Å². The highest BCUT2D eigenvalue weighted by atomic mass is 16.5. The Morgan fingerprint density at radius 1 is 1.25 bits per heavy atom. The molecule has 1 N–H and O–H groups in total. The van der Waals surface area contributed by atoms with Gasteiger partial charge in [-0.15, -0.1) is 0 Å². The summed E-state index contributed by atoms with van der Waals surface area (Å²) < 4.78 is 4.99. The lowest BCUT2D eigenvalue weighted by Crippen LogP contribution is -1.94. The van der Waals surface area contributed by atoms with Gasteiger partial charge in [0.2, 0.25) is 0 Å². The lowest BCUT2D eigenvalue weighted by Gasteiger charge is -2.02. The normalized spacial score (nSPS) is 9.83. The van der Waals surface area contributed by atoms with E-state index in [0.717, 1.165) is 18.7 Å². The third-order valence-corrected chi connectivity index (χ3v) is 1.84. The van der Waals surface area contributed by atoms with Crippen LogP contribution in [0.15, 0.2) is 24.3 Å². The molecule has 0 fully saturated rings. The van der Waals surface area contributed by atoms with Crippen LogP contribution in [-0.4, -0.2) is 20.8 Å². The van der Waals surface area contributed by atoms with Gasteiger partial charge in [-0.1, -0.05) is 12.1 Å². The molecule has 0 aliphatic carbocycles. The van der Waals surface area contributed by atoms with Gasteiger partial charge in [0.05, 0.1) is 6.61 Å². The molecule has 0 radical (unpaired) electrons. The van der Waals surface area contributed by atoms with Gasteiger partial charge in [0.15, 0.2) is 0 Å². The fourth-order valence-electron chi connectivity index (χ4n) is 1.06. The summed E-state index contributed by atoms with van der Waals surface area (Å²) >= 11 is 0. The Kier molecular flexibility index (Phi) is 3.61. The van der Waals surface area contributed by atoms with Gasteiger partial charge >= 0.3 is 0 Å². The maximum absolute atomic E-state index is 4.99. The van der Waals surface area contributed by atoms with Crippen LogP contribution in [0.3, 0.4) is 0 Å². The molecule has 1 aromatic carbocycles. The Labute approximate surface area is 73.6 Å². The van der Waals surface area contributed by atoms with E-state index in [1.165, 1.54) is 5.56 Å². The largest absolute Gasteiger partial charge is 0.388 e. The highest BCUT2D eigenvalue weighted by Gasteiger charge is 1.91. The molecular formula is C10H15NO. The molecule has 2 nitrogen and oxygen atoms in total. The average molecular weight is 165 g/mol. The van der Waals surface area contributed by atoms with Crippen LogP contribution in [-0.2, 0) is 11.2 Å². The zero-order valence-electron chi connectivity index (χ0n) is 7.63. The van der Waals surface area contributed by atoms with Gasteiger partial charge in [-0.3, -0.25) is 0 Å². The molecule has 0 aliphatic rings. The van der Waals surface area contributed by atoms with E-state index >= 15 is 0 Å². The van der Waals surface area contributed by atoms with Gasteiger partial charge in [0.1, 0.15) is 0 Å². The summed E-state index contributed by atoms with van der Waals surface area (Å²) in [4.78, 5) is 0. The first-order valence-corrected chi connectivity index (χ1v) is 4.12. The molecule has 66 valence electrons. The summed E-state index contributed by atoms with van der Waals surface area (Å²) in [5, 5.41) is 3.08. The number of nitrogens with one attached hydrogen (secondary N) is 1. The smallest absolute Gasteiger partial charge is 0.0502 e. The van der Waals surface area contributed by atoms with Crippen LogP contribution >= 0.6 is 0 Å². The Balaban J connectivity index is 2.53. The number of methoxy groups -OCH3 is 1. The molecule has 0 bridgehead atoms. The highest BCUT2D eigenvalue weighted by molar-refractivity contribution is 5.43. The number of benzene rings is 1. The van der Waals surface area contributed by atoms with Gasteiger partial charge in [-0.2, -0.15) is 0 Å². The molecule has 0 aliphatic heterocycles. The van der Waals surface area contributed by atoms with E-state index < -0.39 is 0 Å². The topological polar surface area (TPSA) is 21.3 Å². The Hall–Kier alpha value is -1.02. The predicted molar refractivity (Wildman–Crippen MR) is 51.6 cm³/mol. The number of hydrogen-bond acceptors (Lipinski definition) is 2. The second kappa shape index (κ2) is 4.78. The van der Waals surface area contributed by atoms with Crippen LogP contribution in [0, 0.1) is 0 Å². The lowest BCUT2D eigenvalue weighted by atomic mass is 10.1. The minimum Gasteiger partial charge on any atom is -0.388 e. The van der Waals surface area contributed by atoms with E-state index in [0.29, 0.717) is 0 Å². The molecule has 0 saturated heterocycles. The highest BCUT2D eigenvalue weighted by Crippen LogP contribution is 2.08. The molecule has 0 heterocycles. The second-order valence-electron chi connectivity index (χ2n) is 2.69. The van der Waals surface area contributed by atoms with Crippen LogP contribution in [0.25, 0.3) is 0 Å². The molecule has 0 spiro atoms. The first kappa shape index (κ1) is 9.07. The molecule has 0 amide bonds. The minimum atomic E-state index is 0.791. The lowest BCUT2D eigenvalue weighted by molar-refractivity contribution is 0.202. The van der Waals surface area contributed by atoms with E-state index in [-0.39, 0.29) is 0 Å². The second-order valence-corrected chi connectivity index (χ2v) is 2.69. The maximum Gasteiger partial charge on any atom is 0.0502 e. The average Bonchev–Trinajstić information content (AvgIpc) is 2.15. The molecule has 12 heavy (non-hydrogen) atoms. The molecule has 0 aromatic heterocycles. The Bertz CT molecular complexity index is 218. The van der Waals surface area contributed by atoms with Crippen molar-refractivity contribution in [2.45, 2.75) is 6.42 Å². The summed E-state index contributed by atoms with van der Waals surface area (Å²) in [5.74, 6) is 0. The maximum atomic E-state index is 4.99. The number of rotatable bonds is 4. The molecule has 0 atom stereocenters. The van der Waals surface area contributed by atoms with Crippen molar-refractivity contribution in [3.63, 3.8) is 0 Å². The third kappa shape index (κ3) is 2.55. The van der Waals surface area contributed by atoms with E-state index in [1.54, 1.807) is 7.11 Å². The van der Waals surface area contributed by atoms with Crippen molar-refractivity contribution >= 4 is 5.69 Å². The quantitative estimate of drug-likeness (QED) is 0.736. The zero-order valence-corrected chi connectivity index (χ0v) is 7.63. The van der Waals surface area contributed by atoms with Crippen molar-refractivity contribution in [2.24, 2.45) is 0 Å². The number of anilines is 1. The standard InChI is InChI=1S/C10H15NO/c1-11-10-5-3-9(4-6-10)7-8-12-2/h3-6,11H,7-8H2,1-2H3. The van der Waals surface area contributed by atoms with Crippen molar-refractivity contribution in [3.8, 4) is 0 Å². The fourth-order valence-corrected chi connectivity index (χ4v) is 1.06. The van der Waals surface area contributed by atoms with Gasteiger partial charge in [0.25, 0.3) is 0 Å². The predicted octanol–water partition coefficient (Wildman–Crippen LogP) is 1.92. The number of ether oxygens (including phenoxy) is 1. The number of hydrogen-bond donors (Lipinski definition) is 1. The van der Waals surface area contributed by atoms with Gasteiger partial charge in [-0.05, 0) is 24.1 Å². The van der Waals surface area contributed by atoms with E-state index in [4.69, 9.17) is 4.74 Å². The van der Waals surface area contributed by atoms with Crippen molar-refractivity contribution in [2.75, 3.05) is 26.1 Å². The molecule has 2 heteroatoms. The molecule has 1 aromatic rings. The molecule has 0 saturated carbocycles. The van der Waals surface area contributed by atoms with Gasteiger partial charge in [-0.25, -0.2) is 0 Å². The Morgan fingerprint density at radius 3 is 2.42 bits per heavy atom. The van der Waals surface area contributed by atoms with Crippen LogP contribution in [0.1, 0.15) is 5.56 Å². The summed E-state index contributed by atoms with van der Waals surface area (Å²) in [6, 6.07) is 8.38. The SMILES string of the molecule is CNc1ccc(CCOC)cc1. The van der Waals surface area contributed by atoms with Crippen LogP contribution in [0.4, 0.5) is 5.69 Å². The molecule has 1 rings (SSSR count). The Morgan fingerprint density at radius 2 is 1.92 bits per heavy atom. The summed E-state index contributed by atoms with van der Waals surface area (Å²) in [6.07, 6.45) is 0.987. The van der Waals surface area contributed by atoms with E-state index in [9.17, 15) is 0 Å². The third-order valence-electron chi connectivity index (χ3n) is 1.84. The monoisotopic (exact) mass is 165 g/mol. The summed E-state index contributed by atoms with van der Waals surface area (Å²) in [6.45, 7) is 0.791. The van der Waals surface area contributed by atoms with Crippen LogP contribution in [0.5, 0.6) is 0 Å². The molecule has 0 unspecified atom stereocenters. The summed E-state index contributed by atoms with van der Waals surface area (Å²) in [5.41, 5.74) is 2.46. The van der Waals surface area contributed by atoms with E-state index in [1.807, 2.05) is 7.05 Å². The van der Waals surface area contributed by atoms with Crippen molar-refractivity contribution in [1.29, 1.82) is 0 Å². The zero-order chi connectivity index (χ0) is 8.81. The van der Waals surface area contributed by atoms with E-state index in [2.05, 4.69) is 29.6 Å². The first-order valence-electron chi connectivity index (χ1n) is 4.12. The minimum absolute atomic E-state index is 0.791. The molecular weight excluding hydrogens is 150 g/mol. The first-order chi connectivity index (χ1) is 5.86. The van der Waals surface area contributed by atoms with Crippen molar-refractivity contribution < 1.29 is 4.74 Å². The van der Waals surface area contributed by atoms with Crippen molar-refractivity contribution in [3.05, 3.63) is 29.8 Å². The fraction of sp³-hybridized carbons (Fsp3) is 0.400. The summed E-state index contributed by atoms with van der Waals surface area (Å²) in [7, 11) is 3.64.